The molecule has 0 spiro atoms. The predicted octanol–water partition coefficient (Wildman–Crippen LogP) is 2.62. The van der Waals surface area contributed by atoms with Crippen LogP contribution in [0.15, 0.2) is 30.3 Å². The monoisotopic (exact) mass is 256 g/mol. The first-order valence-electron chi connectivity index (χ1n) is 7.40. The standard InChI is InChI=1S/C16H21BO2/c1-15(2)11-9-13(15)16(3)14(10-11)18-17(19-16)12-7-5-4-6-8-12/h4-8,11,13-14H,9-10H2,1-3H3/t11?,13?,14-,16+/m0/s1. The van der Waals surface area contributed by atoms with Crippen LogP contribution in [0.3, 0.4) is 0 Å². The first-order chi connectivity index (χ1) is 9.02. The van der Waals surface area contributed by atoms with Gasteiger partial charge < -0.3 is 9.31 Å². The summed E-state index contributed by atoms with van der Waals surface area (Å²) in [6.07, 6.45) is 2.74. The Morgan fingerprint density at radius 1 is 1.11 bits per heavy atom. The lowest BCUT2D eigenvalue weighted by Gasteiger charge is -2.64. The summed E-state index contributed by atoms with van der Waals surface area (Å²) in [7, 11) is -0.175. The highest BCUT2D eigenvalue weighted by Crippen LogP contribution is 2.65. The van der Waals surface area contributed by atoms with Crippen molar-refractivity contribution in [2.75, 3.05) is 0 Å². The number of rotatable bonds is 1. The summed E-state index contributed by atoms with van der Waals surface area (Å²) in [5.74, 6) is 1.45. The molecular weight excluding hydrogens is 235 g/mol. The molecular formula is C16H21BO2. The van der Waals surface area contributed by atoms with Gasteiger partial charge >= 0.3 is 7.12 Å². The molecule has 19 heavy (non-hydrogen) atoms. The predicted molar refractivity (Wildman–Crippen MR) is 76.2 cm³/mol. The molecule has 4 aliphatic rings. The van der Waals surface area contributed by atoms with Crippen molar-refractivity contribution in [1.29, 1.82) is 0 Å². The van der Waals surface area contributed by atoms with Gasteiger partial charge in [0, 0.05) is 0 Å². The maximum Gasteiger partial charge on any atom is 0.494 e. The quantitative estimate of drug-likeness (QED) is 0.719. The van der Waals surface area contributed by atoms with E-state index in [9.17, 15) is 0 Å². The molecule has 0 amide bonds. The van der Waals surface area contributed by atoms with Gasteiger partial charge in [-0.2, -0.15) is 0 Å². The average molecular weight is 256 g/mol. The van der Waals surface area contributed by atoms with Crippen LogP contribution in [0.1, 0.15) is 33.6 Å². The van der Waals surface area contributed by atoms with E-state index in [-0.39, 0.29) is 18.8 Å². The summed E-state index contributed by atoms with van der Waals surface area (Å²) in [5, 5.41) is 0. The van der Waals surface area contributed by atoms with Gasteiger partial charge in [-0.3, -0.25) is 0 Å². The largest absolute Gasteiger partial charge is 0.494 e. The minimum absolute atomic E-state index is 0.0985. The normalized spacial score (nSPS) is 42.7. The van der Waals surface area contributed by atoms with Crippen molar-refractivity contribution >= 4 is 12.6 Å². The highest BCUT2D eigenvalue weighted by Gasteiger charge is 2.67. The Morgan fingerprint density at radius 2 is 1.84 bits per heavy atom. The summed E-state index contributed by atoms with van der Waals surface area (Å²) in [6.45, 7) is 7.06. The number of hydrogen-bond donors (Lipinski definition) is 0. The van der Waals surface area contributed by atoms with E-state index in [1.54, 1.807) is 0 Å². The lowest BCUT2D eigenvalue weighted by Crippen LogP contribution is -2.65. The molecule has 2 nitrogen and oxygen atoms in total. The molecule has 0 aromatic heterocycles. The molecule has 1 aliphatic heterocycles. The zero-order valence-electron chi connectivity index (χ0n) is 11.9. The van der Waals surface area contributed by atoms with Gasteiger partial charge in [0.2, 0.25) is 0 Å². The Hall–Kier alpha value is -0.795. The Morgan fingerprint density at radius 3 is 2.53 bits per heavy atom. The van der Waals surface area contributed by atoms with Crippen molar-refractivity contribution in [3.63, 3.8) is 0 Å². The summed E-state index contributed by atoms with van der Waals surface area (Å²) in [5.41, 5.74) is 1.46. The molecule has 3 aliphatic carbocycles. The van der Waals surface area contributed by atoms with Gasteiger partial charge in [-0.1, -0.05) is 44.2 Å². The molecule has 4 fully saturated rings. The van der Waals surface area contributed by atoms with Crippen molar-refractivity contribution in [2.24, 2.45) is 17.3 Å². The van der Waals surface area contributed by atoms with E-state index in [1.165, 1.54) is 6.42 Å². The third kappa shape index (κ3) is 1.46. The highest BCUT2D eigenvalue weighted by atomic mass is 16.7. The van der Waals surface area contributed by atoms with E-state index in [0.717, 1.165) is 17.8 Å². The minimum atomic E-state index is -0.175. The summed E-state index contributed by atoms with van der Waals surface area (Å²) >= 11 is 0. The molecule has 3 heteroatoms. The maximum absolute atomic E-state index is 6.40. The Bertz CT molecular complexity index is 501. The summed E-state index contributed by atoms with van der Waals surface area (Å²) < 4.78 is 12.6. The van der Waals surface area contributed by atoms with Gasteiger partial charge in [-0.25, -0.2) is 0 Å². The van der Waals surface area contributed by atoms with Gasteiger partial charge in [-0.15, -0.1) is 0 Å². The van der Waals surface area contributed by atoms with Crippen molar-refractivity contribution in [1.82, 2.24) is 0 Å². The fraction of sp³-hybridized carbons (Fsp3) is 0.625. The van der Waals surface area contributed by atoms with Gasteiger partial charge in [0.1, 0.15) is 0 Å². The average Bonchev–Trinajstić information content (AvgIpc) is 2.76. The SMILES string of the molecule is CC1(C)C2CC1[C@@]1(C)OB(c3ccccc3)O[C@H]1C2. The van der Waals surface area contributed by atoms with Gasteiger partial charge in [0.25, 0.3) is 0 Å². The zero-order chi connectivity index (χ0) is 13.3. The summed E-state index contributed by atoms with van der Waals surface area (Å²) in [4.78, 5) is 0. The molecule has 1 heterocycles. The molecule has 3 saturated carbocycles. The molecule has 5 rings (SSSR count). The van der Waals surface area contributed by atoms with E-state index < -0.39 is 0 Å². The second-order valence-electron chi connectivity index (χ2n) is 7.21. The highest BCUT2D eigenvalue weighted by molar-refractivity contribution is 6.62. The second kappa shape index (κ2) is 3.65. The van der Waals surface area contributed by atoms with Crippen LogP contribution < -0.4 is 5.46 Å². The maximum atomic E-state index is 6.40. The Balaban J connectivity index is 1.64. The molecule has 0 radical (unpaired) electrons. The molecule has 1 aromatic carbocycles. The van der Waals surface area contributed by atoms with Crippen molar-refractivity contribution in [3.05, 3.63) is 30.3 Å². The van der Waals surface area contributed by atoms with Crippen LogP contribution in [-0.4, -0.2) is 18.8 Å². The fourth-order valence-electron chi connectivity index (χ4n) is 4.62. The Kier molecular flexibility index (Phi) is 2.30. The molecule has 4 atom stereocenters. The van der Waals surface area contributed by atoms with E-state index in [4.69, 9.17) is 9.31 Å². The molecule has 2 unspecified atom stereocenters. The summed E-state index contributed by atoms with van der Waals surface area (Å²) in [6, 6.07) is 10.3. The van der Waals surface area contributed by atoms with Crippen LogP contribution >= 0.6 is 0 Å². The molecule has 1 aromatic rings. The van der Waals surface area contributed by atoms with E-state index in [1.807, 2.05) is 6.07 Å². The lowest BCUT2D eigenvalue weighted by atomic mass is 9.43. The fourth-order valence-corrected chi connectivity index (χ4v) is 4.62. The third-order valence-corrected chi connectivity index (χ3v) is 6.02. The van der Waals surface area contributed by atoms with Gasteiger partial charge in [-0.05, 0) is 42.5 Å². The second-order valence-corrected chi connectivity index (χ2v) is 7.21. The van der Waals surface area contributed by atoms with E-state index in [0.29, 0.717) is 11.3 Å². The number of hydrogen-bond acceptors (Lipinski definition) is 2. The van der Waals surface area contributed by atoms with Crippen molar-refractivity contribution in [3.8, 4) is 0 Å². The van der Waals surface area contributed by atoms with Crippen LogP contribution in [0.5, 0.6) is 0 Å². The molecule has 1 saturated heterocycles. The molecule has 2 bridgehead atoms. The number of benzene rings is 1. The van der Waals surface area contributed by atoms with Crippen molar-refractivity contribution < 1.29 is 9.31 Å². The topological polar surface area (TPSA) is 18.5 Å². The lowest BCUT2D eigenvalue weighted by molar-refractivity contribution is -0.199. The first kappa shape index (κ1) is 12.0. The van der Waals surface area contributed by atoms with Crippen LogP contribution in [0.2, 0.25) is 0 Å². The minimum Gasteiger partial charge on any atom is -0.402 e. The van der Waals surface area contributed by atoms with E-state index in [2.05, 4.69) is 45.0 Å². The molecule has 100 valence electrons. The third-order valence-electron chi connectivity index (χ3n) is 6.02. The smallest absolute Gasteiger partial charge is 0.402 e. The van der Waals surface area contributed by atoms with Gasteiger partial charge in [0.15, 0.2) is 0 Å². The van der Waals surface area contributed by atoms with Crippen molar-refractivity contribution in [2.45, 2.75) is 45.3 Å². The van der Waals surface area contributed by atoms with Crippen LogP contribution in [0, 0.1) is 17.3 Å². The Labute approximate surface area is 115 Å². The van der Waals surface area contributed by atoms with Crippen LogP contribution in [0.25, 0.3) is 0 Å². The first-order valence-corrected chi connectivity index (χ1v) is 7.40. The van der Waals surface area contributed by atoms with Crippen LogP contribution in [0.4, 0.5) is 0 Å². The van der Waals surface area contributed by atoms with Gasteiger partial charge in [0.05, 0.1) is 11.7 Å². The van der Waals surface area contributed by atoms with E-state index >= 15 is 0 Å². The molecule has 0 N–H and O–H groups in total. The zero-order valence-corrected chi connectivity index (χ0v) is 11.9. The van der Waals surface area contributed by atoms with Crippen LogP contribution in [-0.2, 0) is 9.31 Å².